The van der Waals surface area contributed by atoms with Crippen LogP contribution in [0.2, 0.25) is 0 Å². The molecule has 0 radical (unpaired) electrons. The summed E-state index contributed by atoms with van der Waals surface area (Å²) >= 11 is 0. The lowest BCUT2D eigenvalue weighted by molar-refractivity contribution is -0.175. The zero-order chi connectivity index (χ0) is 9.19. The summed E-state index contributed by atoms with van der Waals surface area (Å²) in [5.41, 5.74) is -0.834. The highest BCUT2D eigenvalue weighted by molar-refractivity contribution is 5.67. The van der Waals surface area contributed by atoms with Crippen LogP contribution in [-0.4, -0.2) is 30.9 Å². The van der Waals surface area contributed by atoms with Gasteiger partial charge in [0, 0.05) is 6.92 Å². The lowest BCUT2D eigenvalue weighted by Gasteiger charge is -2.31. The fourth-order valence-corrected chi connectivity index (χ4v) is 0.912. The molecule has 0 aromatic heterocycles. The summed E-state index contributed by atoms with van der Waals surface area (Å²) in [6.45, 7) is 3.03. The van der Waals surface area contributed by atoms with Crippen LogP contribution < -0.4 is 0 Å². The lowest BCUT2D eigenvalue weighted by atomic mass is 10.1. The molecule has 1 heterocycles. The van der Waals surface area contributed by atoms with E-state index >= 15 is 0 Å². The molecule has 68 valence electrons. The van der Waals surface area contributed by atoms with E-state index in [9.17, 15) is 9.59 Å². The molecule has 0 unspecified atom stereocenters. The molecule has 5 nitrogen and oxygen atoms in total. The molecule has 0 atom stereocenters. The van der Waals surface area contributed by atoms with E-state index < -0.39 is 17.7 Å². The van der Waals surface area contributed by atoms with Crippen molar-refractivity contribution in [1.29, 1.82) is 0 Å². The van der Waals surface area contributed by atoms with Crippen LogP contribution in [0.25, 0.3) is 0 Å². The summed E-state index contributed by atoms with van der Waals surface area (Å²) < 4.78 is 14.0. The van der Waals surface area contributed by atoms with E-state index in [1.165, 1.54) is 6.92 Å². The average molecular weight is 174 g/mol. The maximum absolute atomic E-state index is 10.6. The second-order valence-corrected chi connectivity index (χ2v) is 2.87. The van der Waals surface area contributed by atoms with Gasteiger partial charge in [-0.3, -0.25) is 4.79 Å². The summed E-state index contributed by atoms with van der Waals surface area (Å²) in [6.07, 6.45) is -0.723. The first-order valence-corrected chi connectivity index (χ1v) is 3.51. The number of ether oxygens (including phenoxy) is 3. The van der Waals surface area contributed by atoms with Gasteiger partial charge in [-0.25, -0.2) is 4.79 Å². The van der Waals surface area contributed by atoms with Gasteiger partial charge in [0.05, 0.1) is 0 Å². The topological polar surface area (TPSA) is 61.8 Å². The van der Waals surface area contributed by atoms with E-state index in [-0.39, 0.29) is 13.2 Å². The molecule has 1 aliphatic rings. The standard InChI is InChI=1S/C7H10O5/c1-5(8)12-7(2)3-10-6(9)11-4-7/h3-4H2,1-2H3. The van der Waals surface area contributed by atoms with Crippen molar-refractivity contribution < 1.29 is 23.8 Å². The van der Waals surface area contributed by atoms with Crippen molar-refractivity contribution in [3.05, 3.63) is 0 Å². The molecule has 1 saturated heterocycles. The van der Waals surface area contributed by atoms with Crippen molar-refractivity contribution in [3.8, 4) is 0 Å². The average Bonchev–Trinajstić information content (AvgIpc) is 1.94. The first-order chi connectivity index (χ1) is 5.52. The van der Waals surface area contributed by atoms with Gasteiger partial charge in [0.25, 0.3) is 0 Å². The van der Waals surface area contributed by atoms with Crippen LogP contribution in [0.5, 0.6) is 0 Å². The number of carbonyl (C=O) groups excluding carboxylic acids is 2. The minimum Gasteiger partial charge on any atom is -0.452 e. The Balaban J connectivity index is 2.49. The maximum Gasteiger partial charge on any atom is 0.508 e. The van der Waals surface area contributed by atoms with Crippen molar-refractivity contribution in [1.82, 2.24) is 0 Å². The van der Waals surface area contributed by atoms with Crippen molar-refractivity contribution in [2.24, 2.45) is 0 Å². The largest absolute Gasteiger partial charge is 0.508 e. The Morgan fingerprint density at radius 2 is 2.00 bits per heavy atom. The number of rotatable bonds is 1. The zero-order valence-electron chi connectivity index (χ0n) is 6.96. The minimum atomic E-state index is -0.834. The first-order valence-electron chi connectivity index (χ1n) is 3.51. The molecule has 0 aliphatic carbocycles. The van der Waals surface area contributed by atoms with Crippen molar-refractivity contribution in [3.63, 3.8) is 0 Å². The van der Waals surface area contributed by atoms with Crippen LogP contribution in [0.3, 0.4) is 0 Å². The van der Waals surface area contributed by atoms with Gasteiger partial charge in [-0.05, 0) is 6.92 Å². The monoisotopic (exact) mass is 174 g/mol. The van der Waals surface area contributed by atoms with Crippen molar-refractivity contribution in [2.75, 3.05) is 13.2 Å². The van der Waals surface area contributed by atoms with Gasteiger partial charge in [0.15, 0.2) is 5.60 Å². The third-order valence-electron chi connectivity index (χ3n) is 1.38. The van der Waals surface area contributed by atoms with Crippen LogP contribution in [-0.2, 0) is 19.0 Å². The second kappa shape index (κ2) is 3.00. The molecule has 0 bridgehead atoms. The van der Waals surface area contributed by atoms with Crippen molar-refractivity contribution in [2.45, 2.75) is 19.4 Å². The molecule has 1 aliphatic heterocycles. The molecule has 0 aromatic carbocycles. The Kier molecular flexibility index (Phi) is 2.21. The number of hydrogen-bond acceptors (Lipinski definition) is 5. The predicted molar refractivity (Wildman–Crippen MR) is 37.5 cm³/mol. The van der Waals surface area contributed by atoms with Gasteiger partial charge in [-0.15, -0.1) is 0 Å². The van der Waals surface area contributed by atoms with Gasteiger partial charge in [0.1, 0.15) is 13.2 Å². The van der Waals surface area contributed by atoms with Gasteiger partial charge >= 0.3 is 12.1 Å². The lowest BCUT2D eigenvalue weighted by Crippen LogP contribution is -2.46. The number of hydrogen-bond donors (Lipinski definition) is 0. The van der Waals surface area contributed by atoms with Crippen LogP contribution in [0.4, 0.5) is 4.79 Å². The fourth-order valence-electron chi connectivity index (χ4n) is 0.912. The first kappa shape index (κ1) is 8.83. The van der Waals surface area contributed by atoms with E-state index in [2.05, 4.69) is 9.47 Å². The molecule has 12 heavy (non-hydrogen) atoms. The quantitative estimate of drug-likeness (QED) is 0.541. The smallest absolute Gasteiger partial charge is 0.452 e. The SMILES string of the molecule is CC(=O)OC1(C)COC(=O)OC1. The Labute approximate surface area is 69.6 Å². The third kappa shape index (κ3) is 2.11. The highest BCUT2D eigenvalue weighted by atomic mass is 16.8. The van der Waals surface area contributed by atoms with Crippen LogP contribution in [0.1, 0.15) is 13.8 Å². The molecule has 1 rings (SSSR count). The Bertz CT molecular complexity index is 200. The number of carbonyl (C=O) groups is 2. The summed E-state index contributed by atoms with van der Waals surface area (Å²) in [4.78, 5) is 21.0. The van der Waals surface area contributed by atoms with E-state index in [0.29, 0.717) is 0 Å². The summed E-state index contributed by atoms with van der Waals surface area (Å²) in [5.74, 6) is -0.418. The summed E-state index contributed by atoms with van der Waals surface area (Å²) in [7, 11) is 0. The molecule has 1 fully saturated rings. The zero-order valence-corrected chi connectivity index (χ0v) is 6.96. The summed E-state index contributed by atoms with van der Waals surface area (Å²) in [5, 5.41) is 0. The van der Waals surface area contributed by atoms with Crippen LogP contribution >= 0.6 is 0 Å². The molecule has 0 amide bonds. The Morgan fingerprint density at radius 3 is 2.42 bits per heavy atom. The second-order valence-electron chi connectivity index (χ2n) is 2.87. The Hall–Kier alpha value is -1.26. The third-order valence-corrected chi connectivity index (χ3v) is 1.38. The van der Waals surface area contributed by atoms with Gasteiger partial charge in [0.2, 0.25) is 0 Å². The van der Waals surface area contributed by atoms with Crippen LogP contribution in [0.15, 0.2) is 0 Å². The predicted octanol–water partition coefficient (Wildman–Crippen LogP) is 0.475. The maximum atomic E-state index is 10.6. The molecular formula is C7H10O5. The molecule has 0 N–H and O–H groups in total. The molecule has 0 saturated carbocycles. The number of esters is 1. The molecule has 5 heteroatoms. The fraction of sp³-hybridized carbons (Fsp3) is 0.714. The molecule has 0 spiro atoms. The Morgan fingerprint density at radius 1 is 1.50 bits per heavy atom. The molecular weight excluding hydrogens is 164 g/mol. The van der Waals surface area contributed by atoms with Gasteiger partial charge < -0.3 is 14.2 Å². The highest BCUT2D eigenvalue weighted by Gasteiger charge is 2.35. The van der Waals surface area contributed by atoms with E-state index in [1.807, 2.05) is 0 Å². The van der Waals surface area contributed by atoms with Gasteiger partial charge in [-0.1, -0.05) is 0 Å². The van der Waals surface area contributed by atoms with Crippen LogP contribution in [0, 0.1) is 0 Å². The minimum absolute atomic E-state index is 0.0470. The molecule has 0 aromatic rings. The van der Waals surface area contributed by atoms with Crippen molar-refractivity contribution >= 4 is 12.1 Å². The van der Waals surface area contributed by atoms with E-state index in [0.717, 1.165) is 0 Å². The number of cyclic esters (lactones) is 2. The van der Waals surface area contributed by atoms with E-state index in [4.69, 9.17) is 4.74 Å². The van der Waals surface area contributed by atoms with E-state index in [1.54, 1.807) is 6.92 Å². The summed E-state index contributed by atoms with van der Waals surface area (Å²) in [6, 6.07) is 0. The highest BCUT2D eigenvalue weighted by Crippen LogP contribution is 2.16. The normalized spacial score (nSPS) is 20.7. The van der Waals surface area contributed by atoms with Gasteiger partial charge in [-0.2, -0.15) is 0 Å².